The first-order valence-electron chi connectivity index (χ1n) is 5.70. The first-order valence-corrected chi connectivity index (χ1v) is 7.33. The van der Waals surface area contributed by atoms with E-state index in [1.807, 2.05) is 17.5 Å². The Balaban J connectivity index is 2.21. The van der Waals surface area contributed by atoms with Gasteiger partial charge in [-0.1, -0.05) is 49.2 Å². The molecule has 2 nitrogen and oxygen atoms in total. The number of nitrogens with zero attached hydrogens (tertiary/aromatic N) is 1. The van der Waals surface area contributed by atoms with Gasteiger partial charge in [0.1, 0.15) is 5.01 Å². The Kier molecular flexibility index (Phi) is 4.62. The smallest absolute Gasteiger partial charge is 0.125 e. The van der Waals surface area contributed by atoms with Crippen molar-refractivity contribution in [2.45, 2.75) is 26.4 Å². The highest BCUT2D eigenvalue weighted by molar-refractivity contribution is 7.13. The van der Waals surface area contributed by atoms with Gasteiger partial charge in [-0.25, -0.2) is 4.98 Å². The normalized spacial score (nSPS) is 11.2. The highest BCUT2D eigenvalue weighted by Gasteiger charge is 2.10. The quantitative estimate of drug-likeness (QED) is 0.891. The van der Waals surface area contributed by atoms with Crippen LogP contribution in [0, 0.1) is 0 Å². The van der Waals surface area contributed by atoms with Crippen molar-refractivity contribution >= 4 is 34.5 Å². The Hall–Kier alpha value is -0.610. The lowest BCUT2D eigenvalue weighted by Crippen LogP contribution is -2.21. The summed E-state index contributed by atoms with van der Waals surface area (Å²) in [4.78, 5) is 4.57. The standard InChI is InChI=1S/C13H14Cl2N2S/c1-8(2)16-6-9-7-18-13(17-9)10-4-3-5-11(14)12(10)15/h3-5,7-8,16H,6H2,1-2H3. The van der Waals surface area contributed by atoms with Crippen LogP contribution >= 0.6 is 34.5 Å². The van der Waals surface area contributed by atoms with Gasteiger partial charge in [0.25, 0.3) is 0 Å². The minimum Gasteiger partial charge on any atom is -0.309 e. The topological polar surface area (TPSA) is 24.9 Å². The summed E-state index contributed by atoms with van der Waals surface area (Å²) < 4.78 is 0. The maximum Gasteiger partial charge on any atom is 0.125 e. The minimum absolute atomic E-state index is 0.449. The molecule has 2 rings (SSSR count). The predicted octanol–water partition coefficient (Wildman–Crippen LogP) is 4.61. The zero-order chi connectivity index (χ0) is 13.1. The molecule has 1 aromatic heterocycles. The van der Waals surface area contributed by atoms with Crippen LogP contribution < -0.4 is 5.32 Å². The number of thiazole rings is 1. The fraction of sp³-hybridized carbons (Fsp3) is 0.308. The lowest BCUT2D eigenvalue weighted by Gasteiger charge is -2.05. The zero-order valence-corrected chi connectivity index (χ0v) is 12.5. The summed E-state index contributed by atoms with van der Waals surface area (Å²) in [5.41, 5.74) is 1.92. The number of halogens is 2. The fourth-order valence-electron chi connectivity index (χ4n) is 1.49. The van der Waals surface area contributed by atoms with Crippen LogP contribution in [0.5, 0.6) is 0 Å². The Morgan fingerprint density at radius 3 is 2.83 bits per heavy atom. The molecular weight excluding hydrogens is 287 g/mol. The van der Waals surface area contributed by atoms with Crippen LogP contribution in [0.3, 0.4) is 0 Å². The molecular formula is C13H14Cl2N2S. The maximum absolute atomic E-state index is 6.18. The molecule has 0 fully saturated rings. The van der Waals surface area contributed by atoms with Crippen LogP contribution in [0.15, 0.2) is 23.6 Å². The van der Waals surface area contributed by atoms with E-state index < -0.39 is 0 Å². The number of hydrogen-bond acceptors (Lipinski definition) is 3. The van der Waals surface area contributed by atoms with Gasteiger partial charge in [0.05, 0.1) is 15.7 Å². The number of benzene rings is 1. The summed E-state index contributed by atoms with van der Waals surface area (Å²) in [6.07, 6.45) is 0. The van der Waals surface area contributed by atoms with Gasteiger partial charge in [-0.15, -0.1) is 11.3 Å². The van der Waals surface area contributed by atoms with E-state index in [1.165, 1.54) is 0 Å². The first kappa shape index (κ1) is 13.8. The summed E-state index contributed by atoms with van der Waals surface area (Å²) in [5, 5.41) is 7.41. The number of aromatic nitrogens is 1. The molecule has 18 heavy (non-hydrogen) atoms. The van der Waals surface area contributed by atoms with Crippen LogP contribution in [0.25, 0.3) is 10.6 Å². The molecule has 0 radical (unpaired) electrons. The van der Waals surface area contributed by atoms with Crippen molar-refractivity contribution in [3.8, 4) is 10.6 Å². The van der Waals surface area contributed by atoms with E-state index in [0.29, 0.717) is 16.1 Å². The van der Waals surface area contributed by atoms with E-state index in [-0.39, 0.29) is 0 Å². The Bertz CT molecular complexity index is 538. The number of rotatable bonds is 4. The summed E-state index contributed by atoms with van der Waals surface area (Å²) in [6, 6.07) is 6.05. The number of hydrogen-bond donors (Lipinski definition) is 1. The van der Waals surface area contributed by atoms with E-state index in [0.717, 1.165) is 22.8 Å². The molecule has 0 saturated heterocycles. The van der Waals surface area contributed by atoms with Crippen molar-refractivity contribution in [3.05, 3.63) is 39.3 Å². The molecule has 2 aromatic rings. The summed E-state index contributed by atoms with van der Waals surface area (Å²) >= 11 is 13.8. The van der Waals surface area contributed by atoms with E-state index in [9.17, 15) is 0 Å². The lowest BCUT2D eigenvalue weighted by atomic mass is 10.2. The monoisotopic (exact) mass is 300 g/mol. The molecule has 5 heteroatoms. The second-order valence-electron chi connectivity index (χ2n) is 4.28. The third-order valence-corrected chi connectivity index (χ3v) is 4.17. The van der Waals surface area contributed by atoms with Gasteiger partial charge in [-0.3, -0.25) is 0 Å². The molecule has 0 aliphatic carbocycles. The molecule has 0 aliphatic heterocycles. The van der Waals surface area contributed by atoms with Crippen molar-refractivity contribution in [3.63, 3.8) is 0 Å². The zero-order valence-electron chi connectivity index (χ0n) is 10.2. The van der Waals surface area contributed by atoms with Crippen LogP contribution in [0.1, 0.15) is 19.5 Å². The molecule has 0 amide bonds. The second-order valence-corrected chi connectivity index (χ2v) is 5.92. The van der Waals surface area contributed by atoms with Crippen molar-refractivity contribution in [1.82, 2.24) is 10.3 Å². The minimum atomic E-state index is 0.449. The summed E-state index contributed by atoms with van der Waals surface area (Å²) in [6.45, 7) is 4.99. The molecule has 0 unspecified atom stereocenters. The van der Waals surface area contributed by atoms with E-state index >= 15 is 0 Å². The van der Waals surface area contributed by atoms with Gasteiger partial charge < -0.3 is 5.32 Å². The van der Waals surface area contributed by atoms with E-state index in [2.05, 4.69) is 24.1 Å². The van der Waals surface area contributed by atoms with Gasteiger partial charge in [0, 0.05) is 23.5 Å². The van der Waals surface area contributed by atoms with Crippen LogP contribution in [0.2, 0.25) is 10.0 Å². The summed E-state index contributed by atoms with van der Waals surface area (Å²) in [5.74, 6) is 0. The van der Waals surface area contributed by atoms with Crippen molar-refractivity contribution in [2.24, 2.45) is 0 Å². The molecule has 0 spiro atoms. The molecule has 1 aromatic carbocycles. The van der Waals surface area contributed by atoms with Gasteiger partial charge in [-0.05, 0) is 6.07 Å². The second kappa shape index (κ2) is 6.02. The molecule has 0 aliphatic rings. The number of nitrogens with one attached hydrogen (secondary N) is 1. The van der Waals surface area contributed by atoms with Crippen LogP contribution in [-0.2, 0) is 6.54 Å². The maximum atomic E-state index is 6.18. The first-order chi connectivity index (χ1) is 8.58. The van der Waals surface area contributed by atoms with Gasteiger partial charge in [0.15, 0.2) is 0 Å². The van der Waals surface area contributed by atoms with E-state index in [4.69, 9.17) is 23.2 Å². The Morgan fingerprint density at radius 2 is 2.11 bits per heavy atom. The SMILES string of the molecule is CC(C)NCc1csc(-c2cccc(Cl)c2Cl)n1. The van der Waals surface area contributed by atoms with Gasteiger partial charge in [0.2, 0.25) is 0 Å². The molecule has 1 N–H and O–H groups in total. The fourth-order valence-corrected chi connectivity index (χ4v) is 2.79. The molecule has 0 bridgehead atoms. The van der Waals surface area contributed by atoms with Gasteiger partial charge in [-0.2, -0.15) is 0 Å². The Labute approximate surface area is 121 Å². The van der Waals surface area contributed by atoms with Crippen molar-refractivity contribution in [2.75, 3.05) is 0 Å². The average molecular weight is 301 g/mol. The molecule has 1 heterocycles. The lowest BCUT2D eigenvalue weighted by molar-refractivity contribution is 0.583. The molecule has 96 valence electrons. The highest BCUT2D eigenvalue weighted by Crippen LogP contribution is 2.34. The van der Waals surface area contributed by atoms with E-state index in [1.54, 1.807) is 17.4 Å². The summed E-state index contributed by atoms with van der Waals surface area (Å²) in [7, 11) is 0. The van der Waals surface area contributed by atoms with Crippen molar-refractivity contribution < 1.29 is 0 Å². The van der Waals surface area contributed by atoms with Gasteiger partial charge >= 0.3 is 0 Å². The van der Waals surface area contributed by atoms with Crippen LogP contribution in [0.4, 0.5) is 0 Å². The third-order valence-electron chi connectivity index (χ3n) is 2.43. The average Bonchev–Trinajstić information content (AvgIpc) is 2.78. The van der Waals surface area contributed by atoms with Crippen molar-refractivity contribution in [1.29, 1.82) is 0 Å². The predicted molar refractivity (Wildman–Crippen MR) is 79.5 cm³/mol. The highest BCUT2D eigenvalue weighted by atomic mass is 35.5. The largest absolute Gasteiger partial charge is 0.309 e. The molecule has 0 saturated carbocycles. The van der Waals surface area contributed by atoms with Crippen LogP contribution in [-0.4, -0.2) is 11.0 Å². The molecule has 0 atom stereocenters. The Morgan fingerprint density at radius 1 is 1.33 bits per heavy atom. The third kappa shape index (κ3) is 3.23.